The maximum absolute atomic E-state index is 13.6. The van der Waals surface area contributed by atoms with Crippen molar-refractivity contribution in [3.8, 4) is 28.2 Å². The number of aromatic amines is 1. The van der Waals surface area contributed by atoms with E-state index >= 15 is 0 Å². The number of ether oxygens (including phenoxy) is 2. The van der Waals surface area contributed by atoms with E-state index in [0.717, 1.165) is 110 Å². The lowest BCUT2D eigenvalue weighted by atomic mass is 9.84. The quantitative estimate of drug-likeness (QED) is 0.103. The third kappa shape index (κ3) is 13.6. The number of piperidine rings is 2. The average Bonchev–Trinajstić information content (AvgIpc) is 4.09. The highest BCUT2D eigenvalue weighted by Gasteiger charge is 2.34. The topological polar surface area (TPSA) is 173 Å². The molecule has 0 aliphatic carbocycles. The Bertz CT molecular complexity index is 2720. The third-order valence-electron chi connectivity index (χ3n) is 15.5. The molecular formula is C58H79N9O7S2. The molecule has 18 heteroatoms. The monoisotopic (exact) mass is 1080 g/mol. The number of nitrogens with one attached hydrogen (secondary N) is 1. The molecule has 4 saturated heterocycles. The zero-order valence-electron chi connectivity index (χ0n) is 44.9. The first-order chi connectivity index (χ1) is 37.0. The first kappa shape index (κ1) is 56.0. The van der Waals surface area contributed by atoms with Gasteiger partial charge in [0, 0.05) is 115 Å². The van der Waals surface area contributed by atoms with Crippen LogP contribution in [0.25, 0.3) is 28.2 Å². The van der Waals surface area contributed by atoms with E-state index in [4.69, 9.17) is 14.6 Å². The number of aliphatic hydroxyl groups is 2. The molecule has 8 heterocycles. The Labute approximate surface area is 455 Å². The van der Waals surface area contributed by atoms with Crippen molar-refractivity contribution < 1.29 is 33.5 Å². The van der Waals surface area contributed by atoms with Crippen molar-refractivity contribution in [2.24, 2.45) is 0 Å². The normalized spacial score (nSPS) is 19.2. The number of nitrogens with zero attached hydrogens (tertiary/aromatic N) is 8. The highest BCUT2D eigenvalue weighted by atomic mass is 32.2. The molecule has 11 rings (SSSR count). The molecule has 0 saturated carbocycles. The number of rotatable bonds is 14. The second kappa shape index (κ2) is 26.7. The van der Waals surface area contributed by atoms with Crippen molar-refractivity contribution in [3.63, 3.8) is 0 Å². The van der Waals surface area contributed by atoms with Crippen LogP contribution in [-0.4, -0.2) is 195 Å². The lowest BCUT2D eigenvalue weighted by Crippen LogP contribution is -2.43. The lowest BCUT2D eigenvalue weighted by molar-refractivity contribution is 0.0295. The Morgan fingerprint density at radius 3 is 2.16 bits per heavy atom. The number of aromatic nitrogens is 4. The van der Waals surface area contributed by atoms with Crippen LogP contribution in [0.4, 0.5) is 0 Å². The first-order valence-electron chi connectivity index (χ1n) is 27.7. The van der Waals surface area contributed by atoms with Gasteiger partial charge in [-0.1, -0.05) is 82.1 Å². The van der Waals surface area contributed by atoms with Crippen LogP contribution in [0.2, 0.25) is 0 Å². The number of hydrogen-bond donors (Lipinski definition) is 3. The van der Waals surface area contributed by atoms with Gasteiger partial charge in [-0.2, -0.15) is 10.2 Å². The fourth-order valence-electron chi connectivity index (χ4n) is 11.1. The van der Waals surface area contributed by atoms with E-state index in [1.165, 1.54) is 55.9 Å². The minimum Gasteiger partial charge on any atom is -0.395 e. The summed E-state index contributed by atoms with van der Waals surface area (Å²) in [5.74, 6) is 0.830. The number of thioether (sulfide) groups is 1. The minimum atomic E-state index is -1.18. The predicted octanol–water partition coefficient (Wildman–Crippen LogP) is 7.09. The Morgan fingerprint density at radius 1 is 0.803 bits per heavy atom. The standard InChI is InChI=1S/C29H34N4O3S.C17H21N3O3S.C12H24N2O/c1-29(2,20-31-11-15-35-16-12-31)21-7-9-22(10-8-21)33-27-23-5-3-4-6-25(23)37-19-24(27)26(30-33)28(34)32-13-17-36-18-14-32;1-2-3-8-20(9-10-21)17(22)16-13-11-24(23)14-7-5-4-6-12(14)15(13)18-19-16;15-12-4-8-14(9-5-12)11-10-13-6-2-1-3-7-13/h3-10H,11-20H2,1-2H3;4-7,21H,2-3,8-11H2,1H3,(H,18,19);12,15H,1-11H2. The summed E-state index contributed by atoms with van der Waals surface area (Å²) in [7, 11) is -1.18. The molecule has 76 heavy (non-hydrogen) atoms. The van der Waals surface area contributed by atoms with Crippen molar-refractivity contribution in [3.05, 3.63) is 101 Å². The van der Waals surface area contributed by atoms with Crippen molar-refractivity contribution in [1.82, 2.24) is 44.5 Å². The van der Waals surface area contributed by atoms with Gasteiger partial charge in [0.05, 0.1) is 72.8 Å². The van der Waals surface area contributed by atoms with Gasteiger partial charge in [-0.25, -0.2) is 4.68 Å². The average molecular weight is 1080 g/mol. The number of carbonyl (C=O) groups excluding carboxylic acids is 2. The third-order valence-corrected chi connectivity index (χ3v) is 18.0. The number of unbranched alkanes of at least 4 members (excludes halogenated alkanes) is 1. The fraction of sp³-hybridized carbons (Fsp3) is 0.552. The number of benzene rings is 3. The summed E-state index contributed by atoms with van der Waals surface area (Å²) in [5.41, 5.74) is 8.66. The summed E-state index contributed by atoms with van der Waals surface area (Å²) in [6.45, 7) is 21.6. The predicted molar refractivity (Wildman–Crippen MR) is 300 cm³/mol. The maximum atomic E-state index is 13.6. The molecule has 3 N–H and O–H groups in total. The van der Waals surface area contributed by atoms with Crippen molar-refractivity contribution in [1.29, 1.82) is 0 Å². The highest BCUT2D eigenvalue weighted by molar-refractivity contribution is 7.98. The van der Waals surface area contributed by atoms with Crippen LogP contribution in [-0.2, 0) is 37.2 Å². The molecule has 6 aliphatic heterocycles. The molecule has 1 atom stereocenters. The molecule has 16 nitrogen and oxygen atoms in total. The van der Waals surface area contributed by atoms with E-state index in [0.29, 0.717) is 55.5 Å². The summed E-state index contributed by atoms with van der Waals surface area (Å²) in [6.07, 6.45) is 7.95. The lowest BCUT2D eigenvalue weighted by Gasteiger charge is -2.35. The number of aliphatic hydroxyl groups excluding tert-OH is 2. The molecule has 1 unspecified atom stereocenters. The van der Waals surface area contributed by atoms with Gasteiger partial charge in [-0.15, -0.1) is 11.8 Å². The minimum absolute atomic E-state index is 0.00143. The van der Waals surface area contributed by atoms with E-state index in [2.05, 4.69) is 94.2 Å². The number of carbonyl (C=O) groups is 2. The second-order valence-electron chi connectivity index (χ2n) is 21.4. The molecule has 0 radical (unpaired) electrons. The van der Waals surface area contributed by atoms with Gasteiger partial charge in [-0.3, -0.25) is 23.8 Å². The van der Waals surface area contributed by atoms with Gasteiger partial charge in [0.25, 0.3) is 11.8 Å². The highest BCUT2D eigenvalue weighted by Crippen LogP contribution is 2.44. The molecule has 2 aromatic heterocycles. The summed E-state index contributed by atoms with van der Waals surface area (Å²) in [5, 5.41) is 30.7. The summed E-state index contributed by atoms with van der Waals surface area (Å²) >= 11 is 1.78. The van der Waals surface area contributed by atoms with Crippen LogP contribution in [0.3, 0.4) is 0 Å². The molecule has 5 aromatic rings. The number of amides is 2. The molecule has 6 aliphatic rings. The van der Waals surface area contributed by atoms with E-state index in [1.54, 1.807) is 16.7 Å². The number of fused-ring (bicyclic) bond motifs is 6. The molecule has 0 spiro atoms. The van der Waals surface area contributed by atoms with E-state index in [9.17, 15) is 24.0 Å². The maximum Gasteiger partial charge on any atom is 0.274 e. The Kier molecular flexibility index (Phi) is 19.7. The van der Waals surface area contributed by atoms with Crippen molar-refractivity contribution >= 4 is 34.4 Å². The summed E-state index contributed by atoms with van der Waals surface area (Å²) in [6, 6.07) is 24.6. The Balaban J connectivity index is 0.000000154. The molecular weight excluding hydrogens is 999 g/mol. The van der Waals surface area contributed by atoms with Gasteiger partial charge in [0.15, 0.2) is 5.69 Å². The zero-order chi connectivity index (χ0) is 53.0. The van der Waals surface area contributed by atoms with Gasteiger partial charge in [-0.05, 0) is 75.0 Å². The van der Waals surface area contributed by atoms with Crippen LogP contribution in [0.1, 0.15) is 103 Å². The Hall–Kier alpha value is -4.76. The van der Waals surface area contributed by atoms with Crippen LogP contribution in [0, 0.1) is 0 Å². The molecule has 4 fully saturated rings. The van der Waals surface area contributed by atoms with Crippen LogP contribution in [0.15, 0.2) is 82.6 Å². The van der Waals surface area contributed by atoms with Gasteiger partial charge < -0.3 is 39.3 Å². The largest absolute Gasteiger partial charge is 0.395 e. The van der Waals surface area contributed by atoms with Crippen LogP contribution >= 0.6 is 11.8 Å². The molecule has 0 bridgehead atoms. The van der Waals surface area contributed by atoms with E-state index < -0.39 is 10.8 Å². The second-order valence-corrected chi connectivity index (χ2v) is 23.8. The SMILES string of the molecule is CC(C)(CN1CCOCC1)c1ccc(-n2nc(C(=O)N3CCOCC3)c3c2-c2ccccc2SC3)cc1.CCCCN(CCO)C(=O)c1[nH]nc2c1CS(=O)c1ccccc1-2.OC1CCN(CCN2CCCCC2)CC1. The van der Waals surface area contributed by atoms with Gasteiger partial charge in [0.2, 0.25) is 0 Å². The number of hydrogen-bond acceptors (Lipinski definition) is 13. The summed E-state index contributed by atoms with van der Waals surface area (Å²) < 4.78 is 25.5. The fourth-order valence-corrected chi connectivity index (χ4v) is 13.5. The van der Waals surface area contributed by atoms with Gasteiger partial charge >= 0.3 is 0 Å². The number of likely N-dealkylation sites (tertiary alicyclic amines) is 2. The number of morpholine rings is 2. The zero-order valence-corrected chi connectivity index (χ0v) is 46.6. The van der Waals surface area contributed by atoms with Crippen LogP contribution in [0.5, 0.6) is 0 Å². The smallest absolute Gasteiger partial charge is 0.274 e. The number of H-pyrrole nitrogens is 1. The van der Waals surface area contributed by atoms with Crippen LogP contribution < -0.4 is 0 Å². The van der Waals surface area contributed by atoms with E-state index in [1.807, 2.05) is 33.8 Å². The summed E-state index contributed by atoms with van der Waals surface area (Å²) in [4.78, 5) is 39.5. The van der Waals surface area contributed by atoms with E-state index in [-0.39, 0.29) is 42.2 Å². The Morgan fingerprint density at radius 2 is 1.46 bits per heavy atom. The molecule has 410 valence electrons. The van der Waals surface area contributed by atoms with Crippen molar-refractivity contribution in [2.45, 2.75) is 98.5 Å². The van der Waals surface area contributed by atoms with Gasteiger partial charge in [0.1, 0.15) is 5.69 Å². The molecule has 2 amide bonds. The molecule has 3 aromatic carbocycles. The van der Waals surface area contributed by atoms with Crippen molar-refractivity contribution in [2.75, 3.05) is 118 Å². The first-order valence-corrected chi connectivity index (χ1v) is 30.0.